The second-order valence-electron chi connectivity index (χ2n) is 27.0. The molecule has 0 aliphatic carbocycles. The van der Waals surface area contributed by atoms with E-state index in [9.17, 15) is 20.1 Å². The third-order valence-electron chi connectivity index (χ3n) is 19.7. The summed E-state index contributed by atoms with van der Waals surface area (Å²) in [6.07, 6.45) is 0. The van der Waals surface area contributed by atoms with Gasteiger partial charge in [-0.3, -0.25) is 9.59 Å². The number of furan rings is 2. The number of hydrogen-bond acceptors (Lipinski definition) is 10. The third-order valence-corrected chi connectivity index (χ3v) is 26.1. The van der Waals surface area contributed by atoms with Crippen molar-refractivity contribution < 1.29 is 18.4 Å². The number of carbonyl (C=O) groups is 2. The first kappa shape index (κ1) is 69.3. The summed E-state index contributed by atoms with van der Waals surface area (Å²) < 4.78 is 12.9. The maximum absolute atomic E-state index is 14.6. The van der Waals surface area contributed by atoms with Crippen molar-refractivity contribution in [3.63, 3.8) is 0 Å². The minimum atomic E-state index is -2.72. The SMILES string of the molecule is C[Si]1(C)C(=O)C2=C(c3ccc(N(c4ccccc4)c4ccccc4)cc3)[Si](C)(C)C(=O)C2=C1c1ccc(N(c2ccccc2)c2ccccc2)cc1.[C-]#[N+]C([N+]#[C-])=c1oc(-c2ccc(N(c3ccccc3)c3ccccc3)cc2)c2c(=C(C#N)C#N)oc(-c3ccc(N(c4ccccc4)c4ccccc4)cc3)c12. The lowest BCUT2D eigenvalue weighted by Crippen LogP contribution is -2.40. The number of nitrogens with zero attached hydrogens (tertiary/aromatic N) is 8. The number of para-hydroxylation sites is 8. The van der Waals surface area contributed by atoms with Crippen LogP contribution in [-0.4, -0.2) is 27.0 Å². The third kappa shape index (κ3) is 12.9. The summed E-state index contributed by atoms with van der Waals surface area (Å²) in [5.41, 5.74) is 16.1. The topological polar surface area (TPSA) is 130 Å². The molecule has 0 radical (unpaired) electrons. The van der Waals surface area contributed by atoms with Gasteiger partial charge in [-0.25, -0.2) is 0 Å². The summed E-state index contributed by atoms with van der Waals surface area (Å²) >= 11 is 0. The predicted molar refractivity (Wildman–Crippen MR) is 440 cm³/mol. The van der Waals surface area contributed by atoms with E-state index in [1.165, 1.54) is 0 Å². The first-order valence-corrected chi connectivity index (χ1v) is 41.3. The number of fused-ring (bicyclic) bond motifs is 2. The van der Waals surface area contributed by atoms with Gasteiger partial charge in [0.15, 0.2) is 27.1 Å². The Morgan fingerprint density at radius 2 is 0.509 bits per heavy atom. The molecular formula is C94H68N8O4Si2. The highest BCUT2D eigenvalue weighted by molar-refractivity contribution is 7.28. The zero-order valence-electron chi connectivity index (χ0n) is 59.5. The standard InChI is InChI=1S/C48H28N6O2.C46H40N2O2Si2/c1-51-48(52-2)47-43-42(44(56-47)33-23-27-40(28-24-33)53(36-15-7-3-8-16-36)37-17-9-4-10-18-37)46(35(31-49)32-50)55-45(43)34-25-29-41(30-26-34)54(38-19-11-5-12-20-38)39-21-13-6-14-22-39;1-51(2)43(33-25-29-39(30-26-33)47(35-17-9-5-10-18-35)36-19-11-6-12-20-36)41-42(45(51)49)44(52(3,4)46(41)50)34-27-31-40(32-28-34)48(37-21-13-7-14-22-37)38-23-15-8-16-24-38/h3-30H;5-32H,1-4H3. The van der Waals surface area contributed by atoms with Crippen molar-refractivity contribution >= 4 is 128 Å². The van der Waals surface area contributed by atoms with Crippen molar-refractivity contribution in [2.24, 2.45) is 0 Å². The molecule has 516 valence electrons. The lowest BCUT2D eigenvalue weighted by atomic mass is 10.0. The molecule has 108 heavy (non-hydrogen) atoms. The molecule has 0 fully saturated rings. The lowest BCUT2D eigenvalue weighted by Gasteiger charge is -2.27. The van der Waals surface area contributed by atoms with Gasteiger partial charge in [0.2, 0.25) is 5.42 Å². The Morgan fingerprint density at radius 1 is 0.306 bits per heavy atom. The van der Waals surface area contributed by atoms with Gasteiger partial charge >= 0.3 is 5.82 Å². The fourth-order valence-corrected chi connectivity index (χ4v) is 20.7. The molecule has 0 bridgehead atoms. The molecule has 0 N–H and O–H groups in total. The second-order valence-corrected chi connectivity index (χ2v) is 35.4. The molecule has 14 aromatic rings. The molecular weight excluding hydrogens is 1360 g/mol. The van der Waals surface area contributed by atoms with Crippen LogP contribution in [0.25, 0.3) is 64.9 Å². The van der Waals surface area contributed by atoms with Crippen molar-refractivity contribution in [3.05, 3.63) is 396 Å². The molecule has 0 amide bonds. The average molecular weight is 1430 g/mol. The van der Waals surface area contributed by atoms with E-state index in [1.54, 1.807) is 0 Å². The zero-order valence-corrected chi connectivity index (χ0v) is 61.5. The maximum atomic E-state index is 14.6. The summed E-state index contributed by atoms with van der Waals surface area (Å²) in [6.45, 7) is 24.2. The molecule has 12 aromatic carbocycles. The number of carbonyl (C=O) groups excluding carboxylic acids is 2. The van der Waals surface area contributed by atoms with Gasteiger partial charge in [-0.05, 0) is 191 Å². The molecule has 0 atom stereocenters. The van der Waals surface area contributed by atoms with Crippen molar-refractivity contribution in [3.8, 4) is 34.8 Å². The summed E-state index contributed by atoms with van der Waals surface area (Å²) in [6, 6.07) is 117. The summed E-state index contributed by atoms with van der Waals surface area (Å²) in [4.78, 5) is 44.9. The van der Waals surface area contributed by atoms with E-state index >= 15 is 0 Å². The Balaban J connectivity index is 0.000000173. The Kier molecular flexibility index (Phi) is 19.1. The van der Waals surface area contributed by atoms with Crippen molar-refractivity contribution in [2.75, 3.05) is 19.6 Å². The minimum Gasteiger partial charge on any atom is -0.458 e. The monoisotopic (exact) mass is 1430 g/mol. The molecule has 0 spiro atoms. The van der Waals surface area contributed by atoms with Crippen LogP contribution in [0.4, 0.5) is 68.2 Å². The number of benzene rings is 12. The van der Waals surface area contributed by atoms with Gasteiger partial charge in [0.05, 0.1) is 10.8 Å². The molecule has 12 nitrogen and oxygen atoms in total. The van der Waals surface area contributed by atoms with Crippen molar-refractivity contribution in [1.29, 1.82) is 10.5 Å². The van der Waals surface area contributed by atoms with Gasteiger partial charge < -0.3 is 28.4 Å². The van der Waals surface area contributed by atoms with E-state index < -0.39 is 16.1 Å². The largest absolute Gasteiger partial charge is 0.563 e. The Hall–Kier alpha value is -14.4. The number of rotatable bonds is 16. The highest BCUT2D eigenvalue weighted by Crippen LogP contribution is 2.53. The summed E-state index contributed by atoms with van der Waals surface area (Å²) in [7, 11) is -5.43. The van der Waals surface area contributed by atoms with Crippen LogP contribution in [0.1, 0.15) is 11.1 Å². The van der Waals surface area contributed by atoms with E-state index in [2.05, 4.69) is 153 Å². The van der Waals surface area contributed by atoms with Gasteiger partial charge in [0, 0.05) is 90.5 Å². The second kappa shape index (κ2) is 29.8. The van der Waals surface area contributed by atoms with Gasteiger partial charge in [0.1, 0.15) is 47.6 Å². The van der Waals surface area contributed by atoms with E-state index in [4.69, 9.17) is 22.0 Å². The van der Waals surface area contributed by atoms with Gasteiger partial charge in [-0.2, -0.15) is 20.2 Å². The average Bonchev–Trinajstić information content (AvgIpc) is 1.53. The molecule has 2 aliphatic rings. The zero-order chi connectivity index (χ0) is 74.5. The molecule has 2 aliphatic heterocycles. The van der Waals surface area contributed by atoms with Crippen LogP contribution < -0.4 is 30.4 Å². The minimum absolute atomic E-state index is 0.00113. The molecule has 2 aromatic heterocycles. The number of hydrogen-bond donors (Lipinski definition) is 0. The van der Waals surface area contributed by atoms with E-state index in [0.29, 0.717) is 33.0 Å². The van der Waals surface area contributed by atoms with E-state index in [1.807, 2.05) is 255 Å². The number of anilines is 12. The van der Waals surface area contributed by atoms with E-state index in [0.717, 1.165) is 89.8 Å². The Labute approximate surface area is 629 Å². The van der Waals surface area contributed by atoms with Crippen molar-refractivity contribution in [1.82, 2.24) is 0 Å². The Morgan fingerprint density at radius 3 is 0.731 bits per heavy atom. The molecule has 0 saturated carbocycles. The summed E-state index contributed by atoms with van der Waals surface area (Å²) in [5, 5.41) is 23.1. The van der Waals surface area contributed by atoms with Gasteiger partial charge in [-0.1, -0.05) is 196 Å². The van der Waals surface area contributed by atoms with Gasteiger partial charge in [-0.15, -0.1) is 0 Å². The van der Waals surface area contributed by atoms with Crippen LogP contribution in [-0.2, 0) is 9.59 Å². The molecule has 0 saturated heterocycles. The molecule has 14 heteroatoms. The fourth-order valence-electron chi connectivity index (χ4n) is 14.7. The first-order chi connectivity index (χ1) is 52.8. The van der Waals surface area contributed by atoms with Crippen molar-refractivity contribution in [2.45, 2.75) is 26.2 Å². The highest BCUT2D eigenvalue weighted by Gasteiger charge is 2.58. The van der Waals surface area contributed by atoms with Crippen LogP contribution in [0.15, 0.2) is 360 Å². The summed E-state index contributed by atoms with van der Waals surface area (Å²) in [5.74, 6) is 0.222. The smallest absolute Gasteiger partial charge is 0.458 e. The molecule has 4 heterocycles. The lowest BCUT2D eigenvalue weighted by molar-refractivity contribution is -0.111. The Bertz CT molecular complexity index is 5520. The highest BCUT2D eigenvalue weighted by atomic mass is 28.3. The number of allylic oxidation sites excluding steroid dienone is 2. The fraction of sp³-hybridized carbons (Fsp3) is 0.0426. The molecule has 0 unspecified atom stereocenters. The van der Waals surface area contributed by atoms with Crippen LogP contribution >= 0.6 is 0 Å². The van der Waals surface area contributed by atoms with Gasteiger partial charge in [0.25, 0.3) is 0 Å². The van der Waals surface area contributed by atoms with Crippen LogP contribution in [0.3, 0.4) is 0 Å². The number of nitriles is 2. The maximum Gasteiger partial charge on any atom is 0.563 e. The normalized spacial score (nSPS) is 13.1. The molecule has 16 rings (SSSR count). The van der Waals surface area contributed by atoms with Crippen LogP contribution in [0, 0.1) is 35.8 Å². The van der Waals surface area contributed by atoms with E-state index in [-0.39, 0.29) is 44.6 Å². The first-order valence-electron chi connectivity index (χ1n) is 35.3. The van der Waals surface area contributed by atoms with Crippen LogP contribution in [0.5, 0.6) is 0 Å². The predicted octanol–water partition coefficient (Wildman–Crippen LogP) is 23.0. The quantitative estimate of drug-likeness (QED) is 0.0681. The van der Waals surface area contributed by atoms with Crippen LogP contribution in [0.2, 0.25) is 26.2 Å².